The third-order valence-corrected chi connectivity index (χ3v) is 4.00. The maximum atomic E-state index is 10.3. The summed E-state index contributed by atoms with van der Waals surface area (Å²) in [5.74, 6) is 0. The molecule has 130 valence electrons. The van der Waals surface area contributed by atoms with E-state index in [4.69, 9.17) is 0 Å². The molecule has 24 heavy (non-hydrogen) atoms. The lowest BCUT2D eigenvalue weighted by molar-refractivity contribution is 0.0916. The van der Waals surface area contributed by atoms with E-state index in [-0.39, 0.29) is 6.10 Å². The number of likely N-dealkylation sites (N-methyl/N-ethyl adjacent to an activating group) is 2. The van der Waals surface area contributed by atoms with Crippen LogP contribution in [0.3, 0.4) is 0 Å². The molecule has 2 heterocycles. The van der Waals surface area contributed by atoms with Crippen LogP contribution in [0.4, 0.5) is 0 Å². The van der Waals surface area contributed by atoms with Crippen molar-refractivity contribution < 1.29 is 5.11 Å². The van der Waals surface area contributed by atoms with Crippen LogP contribution in [0.2, 0.25) is 0 Å². The third kappa shape index (κ3) is 7.17. The molecule has 0 bridgehead atoms. The Morgan fingerprint density at radius 2 is 1.29 bits per heavy atom. The summed E-state index contributed by atoms with van der Waals surface area (Å²) in [6.07, 6.45) is 5.09. The molecule has 0 spiro atoms. The molecule has 0 aliphatic heterocycles. The second-order valence-corrected chi connectivity index (χ2v) is 6.32. The lowest BCUT2D eigenvalue weighted by Crippen LogP contribution is -2.38. The van der Waals surface area contributed by atoms with Crippen molar-refractivity contribution in [2.75, 3.05) is 40.3 Å². The van der Waals surface area contributed by atoms with E-state index in [1.807, 2.05) is 62.9 Å². The highest BCUT2D eigenvalue weighted by Gasteiger charge is 2.11. The molecule has 0 saturated heterocycles. The summed E-state index contributed by atoms with van der Waals surface area (Å²) in [4.78, 5) is 13.0. The first-order chi connectivity index (χ1) is 11.6. The fourth-order valence-corrected chi connectivity index (χ4v) is 2.66. The van der Waals surface area contributed by atoms with Gasteiger partial charge in [-0.25, -0.2) is 0 Å². The molecule has 5 nitrogen and oxygen atoms in total. The first-order valence-electron chi connectivity index (χ1n) is 8.48. The van der Waals surface area contributed by atoms with E-state index in [1.165, 1.54) is 0 Å². The van der Waals surface area contributed by atoms with Gasteiger partial charge in [0.1, 0.15) is 0 Å². The summed E-state index contributed by atoms with van der Waals surface area (Å²) in [5, 5.41) is 10.3. The normalized spacial score (nSPS) is 11.6. The molecule has 5 heteroatoms. The zero-order valence-corrected chi connectivity index (χ0v) is 14.7. The van der Waals surface area contributed by atoms with Gasteiger partial charge in [-0.3, -0.25) is 9.97 Å². The summed E-state index contributed by atoms with van der Waals surface area (Å²) in [7, 11) is 4.08. The van der Waals surface area contributed by atoms with Crippen LogP contribution in [0.1, 0.15) is 11.4 Å². The number of hydrogen-bond donors (Lipinski definition) is 1. The molecule has 0 saturated carbocycles. The quantitative estimate of drug-likeness (QED) is 0.716. The van der Waals surface area contributed by atoms with Crippen molar-refractivity contribution in [3.05, 3.63) is 60.2 Å². The van der Waals surface area contributed by atoms with E-state index in [0.717, 1.165) is 37.3 Å². The highest BCUT2D eigenvalue weighted by molar-refractivity contribution is 5.04. The van der Waals surface area contributed by atoms with Crippen LogP contribution in [-0.4, -0.2) is 71.3 Å². The standard InChI is InChI=1S/C19H28N4O/c1-22(13-9-17-7-3-5-11-20-17)15-19(24)16-23(2)14-10-18-8-4-6-12-21-18/h3-8,11-12,19,24H,9-10,13-16H2,1-2H3. The van der Waals surface area contributed by atoms with Crippen molar-refractivity contribution in [2.24, 2.45) is 0 Å². The van der Waals surface area contributed by atoms with Gasteiger partial charge in [-0.15, -0.1) is 0 Å². The Morgan fingerprint density at radius 3 is 1.67 bits per heavy atom. The van der Waals surface area contributed by atoms with Crippen molar-refractivity contribution in [1.82, 2.24) is 19.8 Å². The number of hydrogen-bond acceptors (Lipinski definition) is 5. The van der Waals surface area contributed by atoms with E-state index in [9.17, 15) is 5.11 Å². The van der Waals surface area contributed by atoms with Gasteiger partial charge in [0.15, 0.2) is 0 Å². The highest BCUT2D eigenvalue weighted by Crippen LogP contribution is 2.00. The first-order valence-corrected chi connectivity index (χ1v) is 8.48. The van der Waals surface area contributed by atoms with Gasteiger partial charge in [-0.2, -0.15) is 0 Å². The topological polar surface area (TPSA) is 52.5 Å². The fourth-order valence-electron chi connectivity index (χ4n) is 2.66. The van der Waals surface area contributed by atoms with E-state index in [1.54, 1.807) is 0 Å². The van der Waals surface area contributed by atoms with Crippen molar-refractivity contribution in [2.45, 2.75) is 18.9 Å². The van der Waals surface area contributed by atoms with E-state index in [2.05, 4.69) is 19.8 Å². The average Bonchev–Trinajstić information content (AvgIpc) is 2.60. The summed E-state index contributed by atoms with van der Waals surface area (Å²) in [6, 6.07) is 11.9. The average molecular weight is 328 g/mol. The van der Waals surface area contributed by atoms with E-state index < -0.39 is 0 Å². The van der Waals surface area contributed by atoms with Crippen molar-refractivity contribution in [3.63, 3.8) is 0 Å². The van der Waals surface area contributed by atoms with Gasteiger partial charge in [-0.05, 0) is 38.4 Å². The molecule has 0 aromatic carbocycles. The number of rotatable bonds is 10. The van der Waals surface area contributed by atoms with Gasteiger partial charge in [0.25, 0.3) is 0 Å². The highest BCUT2D eigenvalue weighted by atomic mass is 16.3. The lowest BCUT2D eigenvalue weighted by Gasteiger charge is -2.24. The van der Waals surface area contributed by atoms with Gasteiger partial charge in [0.05, 0.1) is 6.10 Å². The molecule has 0 fully saturated rings. The molecule has 0 unspecified atom stereocenters. The minimum Gasteiger partial charge on any atom is -0.390 e. The van der Waals surface area contributed by atoms with Crippen LogP contribution in [0, 0.1) is 0 Å². The van der Waals surface area contributed by atoms with Crippen molar-refractivity contribution in [1.29, 1.82) is 0 Å². The zero-order valence-electron chi connectivity index (χ0n) is 14.7. The second-order valence-electron chi connectivity index (χ2n) is 6.32. The molecule has 2 aromatic rings. The Balaban J connectivity index is 1.63. The van der Waals surface area contributed by atoms with Crippen LogP contribution in [0.15, 0.2) is 48.8 Å². The maximum Gasteiger partial charge on any atom is 0.0793 e. The summed E-state index contributed by atoms with van der Waals surface area (Å²) in [5.41, 5.74) is 2.18. The molecule has 0 aliphatic carbocycles. The van der Waals surface area contributed by atoms with Crippen LogP contribution < -0.4 is 0 Å². The minimum absolute atomic E-state index is 0.354. The monoisotopic (exact) mass is 328 g/mol. The van der Waals surface area contributed by atoms with Crippen molar-refractivity contribution in [3.8, 4) is 0 Å². The van der Waals surface area contributed by atoms with Gasteiger partial charge >= 0.3 is 0 Å². The van der Waals surface area contributed by atoms with Gasteiger partial charge in [-0.1, -0.05) is 12.1 Å². The van der Waals surface area contributed by atoms with E-state index in [0.29, 0.717) is 13.1 Å². The van der Waals surface area contributed by atoms with Gasteiger partial charge in [0, 0.05) is 62.8 Å². The zero-order chi connectivity index (χ0) is 17.2. The first kappa shape index (κ1) is 18.5. The molecule has 0 atom stereocenters. The van der Waals surface area contributed by atoms with Crippen LogP contribution in [0.5, 0.6) is 0 Å². The molecule has 0 amide bonds. The van der Waals surface area contributed by atoms with Crippen LogP contribution in [-0.2, 0) is 12.8 Å². The van der Waals surface area contributed by atoms with E-state index >= 15 is 0 Å². The van der Waals surface area contributed by atoms with Crippen molar-refractivity contribution >= 4 is 0 Å². The largest absolute Gasteiger partial charge is 0.390 e. The minimum atomic E-state index is -0.354. The predicted octanol–water partition coefficient (Wildman–Crippen LogP) is 1.49. The molecular weight excluding hydrogens is 300 g/mol. The second kappa shape index (κ2) is 10.1. The smallest absolute Gasteiger partial charge is 0.0793 e. The summed E-state index contributed by atoms with van der Waals surface area (Å²) < 4.78 is 0. The number of pyridine rings is 2. The van der Waals surface area contributed by atoms with Crippen LogP contribution in [0.25, 0.3) is 0 Å². The molecule has 1 N–H and O–H groups in total. The Labute approximate surface area is 145 Å². The van der Waals surface area contributed by atoms with Gasteiger partial charge < -0.3 is 14.9 Å². The molecule has 0 aliphatic rings. The van der Waals surface area contributed by atoms with Gasteiger partial charge in [0.2, 0.25) is 0 Å². The lowest BCUT2D eigenvalue weighted by atomic mass is 10.2. The van der Waals surface area contributed by atoms with Crippen LogP contribution >= 0.6 is 0 Å². The number of aliphatic hydroxyl groups is 1. The molecule has 2 rings (SSSR count). The molecular formula is C19H28N4O. The Kier molecular flexibility index (Phi) is 7.82. The Hall–Kier alpha value is -1.82. The maximum absolute atomic E-state index is 10.3. The number of nitrogens with zero attached hydrogens (tertiary/aromatic N) is 4. The molecule has 2 aromatic heterocycles. The molecule has 0 radical (unpaired) electrons. The fraction of sp³-hybridized carbons (Fsp3) is 0.474. The Morgan fingerprint density at radius 1 is 0.833 bits per heavy atom. The Bertz CT molecular complexity index is 513. The summed E-state index contributed by atoms with van der Waals surface area (Å²) >= 11 is 0. The third-order valence-electron chi connectivity index (χ3n) is 4.00. The number of aliphatic hydroxyl groups excluding tert-OH is 1. The summed E-state index contributed by atoms with van der Waals surface area (Å²) in [6.45, 7) is 3.12. The predicted molar refractivity (Wildman–Crippen MR) is 96.9 cm³/mol. The number of aromatic nitrogens is 2. The SMILES string of the molecule is CN(CCc1ccccn1)CC(O)CN(C)CCc1ccccn1.